The molecule has 0 amide bonds. The minimum Gasteiger partial charge on any atom is -0.378 e. The molecule has 2 aliphatic rings. The molecule has 33 heavy (non-hydrogen) atoms. The Kier molecular flexibility index (Phi) is 6.11. The molecule has 10 heteroatoms. The Hall–Kier alpha value is -2.85. The summed E-state index contributed by atoms with van der Waals surface area (Å²) in [6.45, 7) is 4.09. The number of anilines is 2. The van der Waals surface area contributed by atoms with E-state index < -0.39 is 18.1 Å². The van der Waals surface area contributed by atoms with E-state index in [2.05, 4.69) is 30.5 Å². The van der Waals surface area contributed by atoms with Gasteiger partial charge >= 0.3 is 6.18 Å². The van der Waals surface area contributed by atoms with E-state index in [-0.39, 0.29) is 0 Å². The second-order valence-corrected chi connectivity index (χ2v) is 8.57. The zero-order valence-corrected chi connectivity index (χ0v) is 18.2. The molecule has 2 aliphatic heterocycles. The first-order chi connectivity index (χ1) is 16.0. The van der Waals surface area contributed by atoms with Gasteiger partial charge in [0.05, 0.1) is 18.6 Å². The van der Waals surface area contributed by atoms with Crippen LogP contribution in [0.1, 0.15) is 12.8 Å². The number of H-pyrrole nitrogens is 1. The highest BCUT2D eigenvalue weighted by atomic mass is 19.4. The van der Waals surface area contributed by atoms with Gasteiger partial charge in [0.2, 0.25) is 0 Å². The molecule has 7 nitrogen and oxygen atoms in total. The number of alkyl halides is 3. The Morgan fingerprint density at radius 3 is 2.48 bits per heavy atom. The van der Waals surface area contributed by atoms with Crippen LogP contribution in [0.2, 0.25) is 0 Å². The molecule has 3 aromatic rings. The van der Waals surface area contributed by atoms with Crippen LogP contribution in [0, 0.1) is 5.92 Å². The standard InChI is InChI=1S/C23H27F3N6O/c24-23(25,26)20(16-5-7-27-8-6-16)30-17-3-1-15(2-4-17)19-13-18-21(31-19)28-14-29-22(18)32-9-11-33-12-10-32/h1-4,13-14,16,20,27,30H,5-12H2,(H,28,29,31). The maximum atomic E-state index is 13.7. The molecule has 2 fully saturated rings. The topological polar surface area (TPSA) is 78.1 Å². The summed E-state index contributed by atoms with van der Waals surface area (Å²) < 4.78 is 46.6. The Morgan fingerprint density at radius 1 is 1.06 bits per heavy atom. The minimum absolute atomic E-state index is 0.434. The lowest BCUT2D eigenvalue weighted by molar-refractivity contribution is -0.155. The first-order valence-electron chi connectivity index (χ1n) is 11.3. The van der Waals surface area contributed by atoms with Gasteiger partial charge in [-0.3, -0.25) is 0 Å². The molecule has 1 unspecified atom stereocenters. The van der Waals surface area contributed by atoms with Crippen molar-refractivity contribution in [1.29, 1.82) is 0 Å². The Labute approximate surface area is 189 Å². The lowest BCUT2D eigenvalue weighted by atomic mass is 9.89. The molecule has 2 aromatic heterocycles. The van der Waals surface area contributed by atoms with E-state index in [1.165, 1.54) is 0 Å². The average Bonchev–Trinajstić information content (AvgIpc) is 3.28. The van der Waals surface area contributed by atoms with E-state index in [4.69, 9.17) is 4.74 Å². The van der Waals surface area contributed by atoms with Gasteiger partial charge in [-0.15, -0.1) is 0 Å². The average molecular weight is 461 g/mol. The highest BCUT2D eigenvalue weighted by Gasteiger charge is 2.44. The van der Waals surface area contributed by atoms with Crippen molar-refractivity contribution >= 4 is 22.5 Å². The molecule has 0 bridgehead atoms. The summed E-state index contributed by atoms with van der Waals surface area (Å²) in [5.41, 5.74) is 2.91. The minimum atomic E-state index is -4.30. The third-order valence-electron chi connectivity index (χ3n) is 6.44. The highest BCUT2D eigenvalue weighted by Crippen LogP contribution is 2.34. The quantitative estimate of drug-likeness (QED) is 0.538. The second-order valence-electron chi connectivity index (χ2n) is 8.57. The summed E-state index contributed by atoms with van der Waals surface area (Å²) in [4.78, 5) is 14.3. The van der Waals surface area contributed by atoms with Crippen LogP contribution in [-0.4, -0.2) is 66.6 Å². The fourth-order valence-electron chi connectivity index (χ4n) is 4.68. The zero-order valence-electron chi connectivity index (χ0n) is 18.2. The molecule has 1 aromatic carbocycles. The van der Waals surface area contributed by atoms with Gasteiger partial charge in [-0.2, -0.15) is 13.2 Å². The van der Waals surface area contributed by atoms with Crippen LogP contribution in [0.3, 0.4) is 0 Å². The van der Waals surface area contributed by atoms with Gasteiger partial charge in [-0.25, -0.2) is 9.97 Å². The Balaban J connectivity index is 1.36. The second kappa shape index (κ2) is 9.18. The van der Waals surface area contributed by atoms with Crippen LogP contribution >= 0.6 is 0 Å². The number of benzene rings is 1. The summed E-state index contributed by atoms with van der Waals surface area (Å²) in [6, 6.07) is 7.50. The Morgan fingerprint density at radius 2 is 1.79 bits per heavy atom. The van der Waals surface area contributed by atoms with Gasteiger partial charge in [-0.05, 0) is 55.6 Å². The molecule has 0 aliphatic carbocycles. The van der Waals surface area contributed by atoms with Crippen LogP contribution < -0.4 is 15.5 Å². The third-order valence-corrected chi connectivity index (χ3v) is 6.44. The maximum absolute atomic E-state index is 13.7. The van der Waals surface area contributed by atoms with Gasteiger partial charge < -0.3 is 25.3 Å². The number of ether oxygens (including phenoxy) is 1. The van der Waals surface area contributed by atoms with Crippen LogP contribution in [0.25, 0.3) is 22.3 Å². The summed E-state index contributed by atoms with van der Waals surface area (Å²) >= 11 is 0. The highest BCUT2D eigenvalue weighted by molar-refractivity contribution is 5.92. The number of hydrogen-bond donors (Lipinski definition) is 3. The smallest absolute Gasteiger partial charge is 0.378 e. The Bertz CT molecular complexity index is 1070. The number of piperidine rings is 1. The molecule has 2 saturated heterocycles. The number of nitrogens with zero attached hydrogens (tertiary/aromatic N) is 3. The van der Waals surface area contributed by atoms with Gasteiger partial charge in [0.25, 0.3) is 0 Å². The van der Waals surface area contributed by atoms with Crippen LogP contribution in [0.15, 0.2) is 36.7 Å². The first-order valence-corrected chi connectivity index (χ1v) is 11.3. The number of nitrogens with one attached hydrogen (secondary N) is 3. The van der Waals surface area contributed by atoms with Crippen molar-refractivity contribution in [3.05, 3.63) is 36.7 Å². The van der Waals surface area contributed by atoms with Gasteiger partial charge in [0, 0.05) is 24.5 Å². The number of aromatic nitrogens is 3. The fourth-order valence-corrected chi connectivity index (χ4v) is 4.68. The maximum Gasteiger partial charge on any atom is 0.408 e. The van der Waals surface area contributed by atoms with Crippen molar-refractivity contribution in [1.82, 2.24) is 20.3 Å². The van der Waals surface area contributed by atoms with Crippen molar-refractivity contribution in [3.8, 4) is 11.3 Å². The lowest BCUT2D eigenvalue weighted by Crippen LogP contribution is -2.46. The monoisotopic (exact) mass is 460 g/mol. The van der Waals surface area contributed by atoms with Crippen LogP contribution in [0.5, 0.6) is 0 Å². The van der Waals surface area contributed by atoms with E-state index in [1.54, 1.807) is 18.5 Å². The lowest BCUT2D eigenvalue weighted by Gasteiger charge is -2.33. The molecule has 1 atom stereocenters. The largest absolute Gasteiger partial charge is 0.408 e. The van der Waals surface area contributed by atoms with E-state index in [0.29, 0.717) is 44.8 Å². The fraction of sp³-hybridized carbons (Fsp3) is 0.478. The summed E-state index contributed by atoms with van der Waals surface area (Å²) in [6.07, 6.45) is -1.74. The summed E-state index contributed by atoms with van der Waals surface area (Å²) in [5, 5.41) is 6.79. The SMILES string of the molecule is FC(F)(F)C(Nc1ccc(-c2cc3c(N4CCOCC4)ncnc3[nH]2)cc1)C1CCNCC1. The van der Waals surface area contributed by atoms with Gasteiger partial charge in [0.15, 0.2) is 0 Å². The molecule has 5 rings (SSSR count). The molecule has 0 spiro atoms. The number of fused-ring (bicyclic) bond motifs is 1. The molecule has 0 saturated carbocycles. The predicted octanol–water partition coefficient (Wildman–Crippen LogP) is 3.80. The molecule has 4 heterocycles. The number of halogens is 3. The molecule has 0 radical (unpaired) electrons. The van der Waals surface area contributed by atoms with Gasteiger partial charge in [-0.1, -0.05) is 12.1 Å². The summed E-state index contributed by atoms with van der Waals surface area (Å²) in [5.74, 6) is 0.427. The van der Waals surface area contributed by atoms with E-state index in [0.717, 1.165) is 41.2 Å². The van der Waals surface area contributed by atoms with Crippen LogP contribution in [0.4, 0.5) is 24.7 Å². The number of morpholine rings is 1. The normalized spacial score (nSPS) is 19.1. The van der Waals surface area contributed by atoms with E-state index >= 15 is 0 Å². The third kappa shape index (κ3) is 4.77. The number of rotatable bonds is 5. The van der Waals surface area contributed by atoms with Crippen LogP contribution in [-0.2, 0) is 4.74 Å². The molecular weight excluding hydrogens is 433 g/mol. The van der Waals surface area contributed by atoms with Crippen molar-refractivity contribution in [2.75, 3.05) is 49.6 Å². The van der Waals surface area contributed by atoms with E-state index in [9.17, 15) is 13.2 Å². The number of hydrogen-bond acceptors (Lipinski definition) is 6. The van der Waals surface area contributed by atoms with Crippen molar-refractivity contribution in [2.24, 2.45) is 5.92 Å². The molecular formula is C23H27F3N6O. The first kappa shape index (κ1) is 22.0. The van der Waals surface area contributed by atoms with Crippen molar-refractivity contribution in [3.63, 3.8) is 0 Å². The number of aromatic amines is 1. The molecule has 176 valence electrons. The molecule has 3 N–H and O–H groups in total. The van der Waals surface area contributed by atoms with E-state index in [1.807, 2.05) is 18.2 Å². The van der Waals surface area contributed by atoms with Crippen molar-refractivity contribution in [2.45, 2.75) is 25.1 Å². The zero-order chi connectivity index (χ0) is 22.8. The predicted molar refractivity (Wildman–Crippen MR) is 121 cm³/mol. The van der Waals surface area contributed by atoms with Gasteiger partial charge in [0.1, 0.15) is 23.8 Å². The summed E-state index contributed by atoms with van der Waals surface area (Å²) in [7, 11) is 0. The van der Waals surface area contributed by atoms with Crippen molar-refractivity contribution < 1.29 is 17.9 Å².